The van der Waals surface area contributed by atoms with E-state index >= 15 is 0 Å². The molecule has 3 nitrogen and oxygen atoms in total. The largest absolute Gasteiger partial charge is 0.446 e. The molecule has 0 spiro atoms. The van der Waals surface area contributed by atoms with Gasteiger partial charge in [-0.25, -0.2) is 4.79 Å². The number of alkyl carbamates (subject to hydrolysis) is 1. The van der Waals surface area contributed by atoms with Crippen LogP contribution in [-0.4, -0.2) is 18.7 Å². The normalized spacial score (nSPS) is 35.1. The van der Waals surface area contributed by atoms with Gasteiger partial charge < -0.3 is 10.1 Å². The summed E-state index contributed by atoms with van der Waals surface area (Å²) in [7, 11) is 0. The molecule has 1 rings (SSSR count). The molecule has 0 radical (unpaired) electrons. The third-order valence-electron chi connectivity index (χ3n) is 1.66. The zero-order valence-electron chi connectivity index (χ0n) is 5.68. The van der Waals surface area contributed by atoms with Gasteiger partial charge in [0.1, 0.15) is 6.10 Å². The van der Waals surface area contributed by atoms with Crippen molar-refractivity contribution in [2.24, 2.45) is 5.92 Å². The molecule has 2 atom stereocenters. The van der Waals surface area contributed by atoms with Gasteiger partial charge in [-0.1, -0.05) is 6.92 Å². The summed E-state index contributed by atoms with van der Waals surface area (Å²) in [6, 6.07) is 0. The van der Waals surface area contributed by atoms with Crippen molar-refractivity contribution in [1.82, 2.24) is 5.32 Å². The molecule has 0 bridgehead atoms. The first kappa shape index (κ1) is 6.39. The molecule has 9 heavy (non-hydrogen) atoms. The lowest BCUT2D eigenvalue weighted by atomic mass is 10.1. The minimum atomic E-state index is -0.291. The average Bonchev–Trinajstić information content (AvgIpc) is 1.80. The third kappa shape index (κ3) is 1.34. The highest BCUT2D eigenvalue weighted by Gasteiger charge is 2.22. The smallest absolute Gasteiger partial charge is 0.407 e. The molecule has 52 valence electrons. The molecule has 1 N–H and O–H groups in total. The Morgan fingerprint density at radius 3 is 2.78 bits per heavy atom. The van der Waals surface area contributed by atoms with E-state index in [0.29, 0.717) is 5.92 Å². The first-order valence-corrected chi connectivity index (χ1v) is 3.14. The fourth-order valence-corrected chi connectivity index (χ4v) is 0.737. The molecule has 1 saturated heterocycles. The molecular weight excluding hydrogens is 118 g/mol. The minimum Gasteiger partial charge on any atom is -0.446 e. The topological polar surface area (TPSA) is 38.3 Å². The molecule has 0 aromatic heterocycles. The summed E-state index contributed by atoms with van der Waals surface area (Å²) >= 11 is 0. The van der Waals surface area contributed by atoms with Crippen molar-refractivity contribution in [3.63, 3.8) is 0 Å². The maximum Gasteiger partial charge on any atom is 0.407 e. The van der Waals surface area contributed by atoms with Crippen molar-refractivity contribution in [2.75, 3.05) is 6.54 Å². The second kappa shape index (κ2) is 2.25. The highest BCUT2D eigenvalue weighted by molar-refractivity contribution is 5.68. The number of hydrogen-bond donors (Lipinski definition) is 1. The molecule has 1 aliphatic rings. The van der Waals surface area contributed by atoms with E-state index in [2.05, 4.69) is 5.32 Å². The summed E-state index contributed by atoms with van der Waals surface area (Å²) in [6.07, 6.45) is -0.223. The minimum absolute atomic E-state index is 0.0683. The lowest BCUT2D eigenvalue weighted by molar-refractivity contribution is 0.0538. The second-order valence-corrected chi connectivity index (χ2v) is 2.47. The van der Waals surface area contributed by atoms with Crippen LogP contribution in [0, 0.1) is 5.92 Å². The molecule has 3 heteroatoms. The van der Waals surface area contributed by atoms with Crippen LogP contribution in [-0.2, 0) is 4.74 Å². The Morgan fingerprint density at radius 1 is 1.67 bits per heavy atom. The number of hydrogen-bond acceptors (Lipinski definition) is 2. The van der Waals surface area contributed by atoms with E-state index in [1.54, 1.807) is 0 Å². The van der Waals surface area contributed by atoms with Crippen LogP contribution < -0.4 is 5.32 Å². The first-order valence-electron chi connectivity index (χ1n) is 3.14. The quantitative estimate of drug-likeness (QED) is 0.524. The van der Waals surface area contributed by atoms with E-state index in [1.807, 2.05) is 13.8 Å². The molecule has 0 aromatic rings. The molecule has 1 aliphatic heterocycles. The van der Waals surface area contributed by atoms with Gasteiger partial charge in [-0.15, -0.1) is 0 Å². The number of amides is 1. The van der Waals surface area contributed by atoms with E-state index in [9.17, 15) is 4.79 Å². The number of carbonyl (C=O) groups excluding carboxylic acids is 1. The molecule has 0 aromatic carbocycles. The predicted octanol–water partition coefficient (Wildman–Crippen LogP) is 0.751. The van der Waals surface area contributed by atoms with E-state index in [-0.39, 0.29) is 12.2 Å². The van der Waals surface area contributed by atoms with Gasteiger partial charge in [0.15, 0.2) is 0 Å². The Morgan fingerprint density at radius 2 is 2.33 bits per heavy atom. The van der Waals surface area contributed by atoms with Crippen LogP contribution in [0.5, 0.6) is 0 Å². The van der Waals surface area contributed by atoms with Gasteiger partial charge in [0.05, 0.1) is 0 Å². The Kier molecular flexibility index (Phi) is 1.60. The van der Waals surface area contributed by atoms with E-state index in [1.165, 1.54) is 0 Å². The molecule has 0 saturated carbocycles. The van der Waals surface area contributed by atoms with Crippen LogP contribution >= 0.6 is 0 Å². The number of ether oxygens (including phenoxy) is 1. The fourth-order valence-electron chi connectivity index (χ4n) is 0.737. The maximum atomic E-state index is 10.5. The standard InChI is InChI=1S/C6H11NO2/c1-4-3-7-6(8)9-5(4)2/h4-5H,3H2,1-2H3,(H,7,8)/t4-,5-/m0/s1. The van der Waals surface area contributed by atoms with Gasteiger partial charge >= 0.3 is 6.09 Å². The van der Waals surface area contributed by atoms with Crippen LogP contribution in [0.4, 0.5) is 4.79 Å². The lowest BCUT2D eigenvalue weighted by Crippen LogP contribution is -2.42. The number of rotatable bonds is 0. The van der Waals surface area contributed by atoms with Gasteiger partial charge in [-0.05, 0) is 6.92 Å². The van der Waals surface area contributed by atoms with Crippen LogP contribution in [0.2, 0.25) is 0 Å². The summed E-state index contributed by atoms with van der Waals surface area (Å²) in [5.41, 5.74) is 0. The highest BCUT2D eigenvalue weighted by Crippen LogP contribution is 2.09. The molecular formula is C6H11NO2. The molecule has 1 heterocycles. The Hall–Kier alpha value is -0.730. The van der Waals surface area contributed by atoms with Crippen LogP contribution in [0.25, 0.3) is 0 Å². The maximum absolute atomic E-state index is 10.5. The first-order chi connectivity index (χ1) is 4.20. The Balaban J connectivity index is 2.44. The van der Waals surface area contributed by atoms with Crippen molar-refractivity contribution < 1.29 is 9.53 Å². The number of carbonyl (C=O) groups is 1. The SMILES string of the molecule is C[C@@H]1OC(=O)NC[C@@H]1C. The third-order valence-corrected chi connectivity index (χ3v) is 1.66. The van der Waals surface area contributed by atoms with E-state index in [4.69, 9.17) is 4.74 Å². The van der Waals surface area contributed by atoms with Crippen molar-refractivity contribution in [1.29, 1.82) is 0 Å². The van der Waals surface area contributed by atoms with Crippen LogP contribution in [0.1, 0.15) is 13.8 Å². The summed E-state index contributed by atoms with van der Waals surface area (Å²) in [5, 5.41) is 2.60. The summed E-state index contributed by atoms with van der Waals surface area (Å²) in [4.78, 5) is 10.5. The highest BCUT2D eigenvalue weighted by atomic mass is 16.6. The van der Waals surface area contributed by atoms with Gasteiger partial charge in [-0.2, -0.15) is 0 Å². The van der Waals surface area contributed by atoms with Crippen molar-refractivity contribution in [3.8, 4) is 0 Å². The van der Waals surface area contributed by atoms with Gasteiger partial charge in [-0.3, -0.25) is 0 Å². The zero-order valence-corrected chi connectivity index (χ0v) is 5.68. The van der Waals surface area contributed by atoms with Crippen molar-refractivity contribution in [3.05, 3.63) is 0 Å². The van der Waals surface area contributed by atoms with Crippen molar-refractivity contribution in [2.45, 2.75) is 20.0 Å². The average molecular weight is 129 g/mol. The fraction of sp³-hybridized carbons (Fsp3) is 0.833. The second-order valence-electron chi connectivity index (χ2n) is 2.47. The number of nitrogens with one attached hydrogen (secondary N) is 1. The van der Waals surface area contributed by atoms with E-state index in [0.717, 1.165) is 6.54 Å². The monoisotopic (exact) mass is 129 g/mol. The van der Waals surface area contributed by atoms with Gasteiger partial charge in [0.2, 0.25) is 0 Å². The Bertz CT molecular complexity index is 124. The summed E-state index contributed by atoms with van der Waals surface area (Å²) < 4.78 is 4.85. The zero-order chi connectivity index (χ0) is 6.85. The summed E-state index contributed by atoms with van der Waals surface area (Å²) in [6.45, 7) is 4.69. The number of cyclic esters (lactones) is 1. The molecule has 1 fully saturated rings. The van der Waals surface area contributed by atoms with Crippen LogP contribution in [0.3, 0.4) is 0 Å². The summed E-state index contributed by atoms with van der Waals surface area (Å²) in [5.74, 6) is 0.433. The van der Waals surface area contributed by atoms with E-state index < -0.39 is 0 Å². The molecule has 1 amide bonds. The Labute approximate surface area is 54.4 Å². The van der Waals surface area contributed by atoms with Crippen LogP contribution in [0.15, 0.2) is 0 Å². The molecule has 0 unspecified atom stereocenters. The van der Waals surface area contributed by atoms with Crippen molar-refractivity contribution >= 4 is 6.09 Å². The predicted molar refractivity (Wildman–Crippen MR) is 33.1 cm³/mol. The van der Waals surface area contributed by atoms with Gasteiger partial charge in [0.25, 0.3) is 0 Å². The molecule has 0 aliphatic carbocycles. The van der Waals surface area contributed by atoms with Gasteiger partial charge in [0, 0.05) is 12.5 Å². The lowest BCUT2D eigenvalue weighted by Gasteiger charge is -2.25.